The average Bonchev–Trinajstić information content (AvgIpc) is 2.53. The van der Waals surface area contributed by atoms with Crippen LogP contribution in [0.3, 0.4) is 0 Å². The molecule has 1 aliphatic heterocycles. The Labute approximate surface area is 128 Å². The molecular formula is C16H16ClN3O. The lowest BCUT2D eigenvalue weighted by molar-refractivity contribution is 0.203. The van der Waals surface area contributed by atoms with E-state index < -0.39 is 0 Å². The number of aromatic nitrogens is 1. The molecule has 21 heavy (non-hydrogen) atoms. The lowest BCUT2D eigenvalue weighted by atomic mass is 9.96. The molecule has 5 heteroatoms. The van der Waals surface area contributed by atoms with Crippen molar-refractivity contribution in [2.24, 2.45) is 5.92 Å². The third-order valence-electron chi connectivity index (χ3n) is 4.11. The highest BCUT2D eigenvalue weighted by Gasteiger charge is 2.22. The van der Waals surface area contributed by atoms with Gasteiger partial charge in [-0.3, -0.25) is 4.98 Å². The predicted octanol–water partition coefficient (Wildman–Crippen LogP) is 2.97. The molecule has 4 nitrogen and oxygen atoms in total. The molecule has 1 aromatic carbocycles. The quantitative estimate of drug-likeness (QED) is 0.926. The Kier molecular flexibility index (Phi) is 3.96. The summed E-state index contributed by atoms with van der Waals surface area (Å²) in [4.78, 5) is 6.55. The van der Waals surface area contributed by atoms with Crippen LogP contribution in [0.15, 0.2) is 24.4 Å². The number of fused-ring (bicyclic) bond motifs is 1. The average molecular weight is 302 g/mol. The van der Waals surface area contributed by atoms with Crippen molar-refractivity contribution in [3.8, 4) is 6.07 Å². The Bertz CT molecular complexity index is 702. The molecule has 1 aliphatic rings. The van der Waals surface area contributed by atoms with Crippen LogP contribution in [0.4, 0.5) is 5.69 Å². The molecule has 2 aromatic rings. The number of nitriles is 1. The second-order valence-corrected chi connectivity index (χ2v) is 5.84. The summed E-state index contributed by atoms with van der Waals surface area (Å²) >= 11 is 6.11. The van der Waals surface area contributed by atoms with Gasteiger partial charge in [0.1, 0.15) is 6.07 Å². The minimum Gasteiger partial charge on any atom is -0.396 e. The summed E-state index contributed by atoms with van der Waals surface area (Å²) in [7, 11) is 0. The molecule has 1 N–H and O–H groups in total. The molecule has 1 fully saturated rings. The van der Waals surface area contributed by atoms with Gasteiger partial charge in [-0.2, -0.15) is 5.26 Å². The van der Waals surface area contributed by atoms with Gasteiger partial charge in [0.05, 0.1) is 16.8 Å². The molecule has 0 aliphatic carbocycles. The van der Waals surface area contributed by atoms with Crippen molar-refractivity contribution >= 4 is 28.2 Å². The number of anilines is 1. The fraction of sp³-hybridized carbons (Fsp3) is 0.375. The largest absolute Gasteiger partial charge is 0.396 e. The fourth-order valence-electron chi connectivity index (χ4n) is 2.91. The van der Waals surface area contributed by atoms with E-state index in [9.17, 15) is 10.4 Å². The Balaban J connectivity index is 2.07. The number of aliphatic hydroxyl groups excluding tert-OH is 1. The van der Waals surface area contributed by atoms with Crippen LogP contribution in [0.5, 0.6) is 0 Å². The molecule has 0 unspecified atom stereocenters. The maximum Gasteiger partial charge on any atom is 0.103 e. The van der Waals surface area contributed by atoms with Gasteiger partial charge in [-0.25, -0.2) is 0 Å². The van der Waals surface area contributed by atoms with Gasteiger partial charge in [-0.1, -0.05) is 11.6 Å². The van der Waals surface area contributed by atoms with E-state index in [-0.39, 0.29) is 6.61 Å². The SMILES string of the molecule is N#Cc1cnc2ccc(Cl)cc2c1N1CCC(CO)CC1. The monoisotopic (exact) mass is 301 g/mol. The smallest absolute Gasteiger partial charge is 0.103 e. The Morgan fingerprint density at radius 3 is 2.81 bits per heavy atom. The zero-order chi connectivity index (χ0) is 14.8. The number of hydrogen-bond donors (Lipinski definition) is 1. The highest BCUT2D eigenvalue weighted by atomic mass is 35.5. The first-order valence-corrected chi connectivity index (χ1v) is 7.45. The van der Waals surface area contributed by atoms with Gasteiger partial charge >= 0.3 is 0 Å². The van der Waals surface area contributed by atoms with Crippen LogP contribution in [0.25, 0.3) is 10.9 Å². The third kappa shape index (κ3) is 2.67. The van der Waals surface area contributed by atoms with Crippen molar-refractivity contribution in [2.45, 2.75) is 12.8 Å². The van der Waals surface area contributed by atoms with Crippen molar-refractivity contribution in [1.82, 2.24) is 4.98 Å². The molecule has 0 amide bonds. The van der Waals surface area contributed by atoms with Gasteiger partial charge in [0.2, 0.25) is 0 Å². The number of hydrogen-bond acceptors (Lipinski definition) is 4. The number of benzene rings is 1. The normalized spacial score (nSPS) is 16.1. The van der Waals surface area contributed by atoms with Crippen LogP contribution in [0, 0.1) is 17.2 Å². The van der Waals surface area contributed by atoms with E-state index in [1.807, 2.05) is 18.2 Å². The molecule has 0 saturated carbocycles. The molecule has 3 rings (SSSR count). The number of rotatable bonds is 2. The molecule has 0 radical (unpaired) electrons. The summed E-state index contributed by atoms with van der Waals surface area (Å²) in [5.41, 5.74) is 2.34. The fourth-order valence-corrected chi connectivity index (χ4v) is 3.08. The summed E-state index contributed by atoms with van der Waals surface area (Å²) < 4.78 is 0. The van der Waals surface area contributed by atoms with E-state index in [2.05, 4.69) is 16.0 Å². The number of pyridine rings is 1. The van der Waals surface area contributed by atoms with Crippen molar-refractivity contribution in [3.05, 3.63) is 35.0 Å². The van der Waals surface area contributed by atoms with Gasteiger partial charge in [0.15, 0.2) is 0 Å². The number of nitrogens with zero attached hydrogens (tertiary/aromatic N) is 3. The third-order valence-corrected chi connectivity index (χ3v) is 4.35. The van der Waals surface area contributed by atoms with Gasteiger partial charge in [0, 0.05) is 36.3 Å². The number of halogens is 1. The van der Waals surface area contributed by atoms with Crippen LogP contribution in [-0.2, 0) is 0 Å². The van der Waals surface area contributed by atoms with Crippen LogP contribution in [-0.4, -0.2) is 29.8 Å². The number of aliphatic hydroxyl groups is 1. The first-order chi connectivity index (χ1) is 10.2. The summed E-state index contributed by atoms with van der Waals surface area (Å²) in [6.45, 7) is 1.92. The van der Waals surface area contributed by atoms with Gasteiger partial charge in [0.25, 0.3) is 0 Å². The lowest BCUT2D eigenvalue weighted by Crippen LogP contribution is -2.35. The lowest BCUT2D eigenvalue weighted by Gasteiger charge is -2.34. The summed E-state index contributed by atoms with van der Waals surface area (Å²) in [6.07, 6.45) is 3.50. The maximum atomic E-state index is 9.39. The zero-order valence-corrected chi connectivity index (χ0v) is 12.3. The van der Waals surface area contributed by atoms with E-state index in [1.165, 1.54) is 0 Å². The van der Waals surface area contributed by atoms with Gasteiger partial charge in [-0.05, 0) is 37.0 Å². The molecular weight excluding hydrogens is 286 g/mol. The standard InChI is InChI=1S/C16H16ClN3O/c17-13-1-2-15-14(7-13)16(12(8-18)9-19-15)20-5-3-11(10-21)4-6-20/h1-2,7,9,11,21H,3-6,10H2. The molecule has 0 spiro atoms. The first kappa shape index (κ1) is 14.1. The molecule has 1 saturated heterocycles. The van der Waals surface area contributed by atoms with E-state index in [1.54, 1.807) is 6.20 Å². The number of piperidine rings is 1. The molecule has 1 aromatic heterocycles. The molecule has 0 atom stereocenters. The predicted molar refractivity (Wildman–Crippen MR) is 83.5 cm³/mol. The molecule has 108 valence electrons. The van der Waals surface area contributed by atoms with Gasteiger partial charge in [-0.15, -0.1) is 0 Å². The van der Waals surface area contributed by atoms with Crippen LogP contribution >= 0.6 is 11.6 Å². The van der Waals surface area contributed by atoms with Gasteiger partial charge < -0.3 is 10.0 Å². The second kappa shape index (κ2) is 5.88. The van der Waals surface area contributed by atoms with E-state index in [0.717, 1.165) is 42.5 Å². The summed E-state index contributed by atoms with van der Waals surface area (Å²) in [6, 6.07) is 7.79. The highest BCUT2D eigenvalue weighted by molar-refractivity contribution is 6.31. The van der Waals surface area contributed by atoms with Crippen LogP contribution < -0.4 is 4.90 Å². The zero-order valence-electron chi connectivity index (χ0n) is 11.6. The minimum absolute atomic E-state index is 0.238. The van der Waals surface area contributed by atoms with E-state index in [4.69, 9.17) is 11.6 Å². The van der Waals surface area contributed by atoms with Crippen molar-refractivity contribution < 1.29 is 5.11 Å². The van der Waals surface area contributed by atoms with Crippen molar-refractivity contribution in [3.63, 3.8) is 0 Å². The highest BCUT2D eigenvalue weighted by Crippen LogP contribution is 2.33. The Morgan fingerprint density at radius 1 is 1.38 bits per heavy atom. The first-order valence-electron chi connectivity index (χ1n) is 7.07. The van der Waals surface area contributed by atoms with E-state index >= 15 is 0 Å². The molecule has 2 heterocycles. The Morgan fingerprint density at radius 2 is 2.14 bits per heavy atom. The van der Waals surface area contributed by atoms with Crippen molar-refractivity contribution in [2.75, 3.05) is 24.6 Å². The molecule has 0 bridgehead atoms. The maximum absolute atomic E-state index is 9.39. The van der Waals surface area contributed by atoms with E-state index in [0.29, 0.717) is 16.5 Å². The van der Waals surface area contributed by atoms with Crippen LogP contribution in [0.1, 0.15) is 18.4 Å². The topological polar surface area (TPSA) is 60.2 Å². The van der Waals surface area contributed by atoms with Crippen LogP contribution in [0.2, 0.25) is 5.02 Å². The summed E-state index contributed by atoms with van der Waals surface area (Å²) in [5.74, 6) is 0.364. The minimum atomic E-state index is 0.238. The second-order valence-electron chi connectivity index (χ2n) is 5.41. The summed E-state index contributed by atoms with van der Waals surface area (Å²) in [5, 5.41) is 20.2. The van der Waals surface area contributed by atoms with Crippen molar-refractivity contribution in [1.29, 1.82) is 5.26 Å². The Hall–Kier alpha value is -1.83.